The average Bonchev–Trinajstić information content (AvgIpc) is 3.31. The predicted octanol–water partition coefficient (Wildman–Crippen LogP) is 1.23. The standard InChI is InChI=1S/C18H26N2O3/c1-14-11-17(14)18(22)20-9-7-19(8-10-20)12-15(21)13-23-16-5-3-2-4-6-16/h2-6,14-15,17,21H,7-13H2,1H3/t14-,15+,17+/m1/s1. The number of hydrogen-bond donors (Lipinski definition) is 1. The van der Waals surface area contributed by atoms with Crippen LogP contribution >= 0.6 is 0 Å². The lowest BCUT2D eigenvalue weighted by atomic mass is 10.2. The van der Waals surface area contributed by atoms with E-state index >= 15 is 0 Å². The highest BCUT2D eigenvalue weighted by Gasteiger charge is 2.41. The van der Waals surface area contributed by atoms with Gasteiger partial charge in [-0.15, -0.1) is 0 Å². The summed E-state index contributed by atoms with van der Waals surface area (Å²) < 4.78 is 5.58. The van der Waals surface area contributed by atoms with Crippen molar-refractivity contribution in [3.63, 3.8) is 0 Å². The van der Waals surface area contributed by atoms with Crippen molar-refractivity contribution < 1.29 is 14.6 Å². The van der Waals surface area contributed by atoms with Crippen LogP contribution in [0, 0.1) is 11.8 Å². The zero-order chi connectivity index (χ0) is 16.2. The molecule has 1 saturated carbocycles. The lowest BCUT2D eigenvalue weighted by molar-refractivity contribution is -0.134. The lowest BCUT2D eigenvalue weighted by Gasteiger charge is -2.35. The second-order valence-electron chi connectivity index (χ2n) is 6.72. The number of ether oxygens (including phenoxy) is 1. The van der Waals surface area contributed by atoms with Gasteiger partial charge in [0.05, 0.1) is 0 Å². The van der Waals surface area contributed by atoms with Crippen molar-refractivity contribution in [1.82, 2.24) is 9.80 Å². The number of aliphatic hydroxyl groups excluding tert-OH is 1. The summed E-state index contributed by atoms with van der Waals surface area (Å²) in [6.07, 6.45) is 0.537. The summed E-state index contributed by atoms with van der Waals surface area (Å²) in [5.41, 5.74) is 0. The first-order chi connectivity index (χ1) is 11.1. The van der Waals surface area contributed by atoms with Crippen LogP contribution in [0.1, 0.15) is 13.3 Å². The summed E-state index contributed by atoms with van der Waals surface area (Å²) in [6.45, 7) is 6.23. The maximum atomic E-state index is 12.2. The van der Waals surface area contributed by atoms with Crippen LogP contribution in [-0.4, -0.2) is 66.2 Å². The Morgan fingerprint density at radius 1 is 1.26 bits per heavy atom. The molecule has 0 radical (unpaired) electrons. The van der Waals surface area contributed by atoms with Gasteiger partial charge in [-0.05, 0) is 24.5 Å². The van der Waals surface area contributed by atoms with Crippen LogP contribution < -0.4 is 4.74 Å². The number of nitrogens with zero attached hydrogens (tertiary/aromatic N) is 2. The van der Waals surface area contributed by atoms with Crippen molar-refractivity contribution in [2.45, 2.75) is 19.4 Å². The van der Waals surface area contributed by atoms with Gasteiger partial charge in [-0.1, -0.05) is 25.1 Å². The summed E-state index contributed by atoms with van der Waals surface area (Å²) in [5.74, 6) is 1.94. The van der Waals surface area contributed by atoms with Gasteiger partial charge in [-0.25, -0.2) is 0 Å². The molecule has 2 aliphatic rings. The van der Waals surface area contributed by atoms with Crippen molar-refractivity contribution >= 4 is 5.91 Å². The highest BCUT2D eigenvalue weighted by atomic mass is 16.5. The van der Waals surface area contributed by atoms with E-state index in [4.69, 9.17) is 4.74 Å². The first-order valence-electron chi connectivity index (χ1n) is 8.50. The van der Waals surface area contributed by atoms with Crippen molar-refractivity contribution in [2.75, 3.05) is 39.3 Å². The molecule has 1 amide bonds. The normalized spacial score (nSPS) is 25.9. The van der Waals surface area contributed by atoms with E-state index in [2.05, 4.69) is 11.8 Å². The van der Waals surface area contributed by atoms with E-state index in [1.807, 2.05) is 35.2 Å². The fourth-order valence-electron chi connectivity index (χ4n) is 3.11. The Bertz CT molecular complexity index is 514. The molecule has 1 heterocycles. The van der Waals surface area contributed by atoms with E-state index < -0.39 is 6.10 Å². The number of para-hydroxylation sites is 1. The Morgan fingerprint density at radius 3 is 2.52 bits per heavy atom. The smallest absolute Gasteiger partial charge is 0.226 e. The van der Waals surface area contributed by atoms with E-state index in [1.165, 1.54) is 0 Å². The Balaban J connectivity index is 1.36. The summed E-state index contributed by atoms with van der Waals surface area (Å²) in [6, 6.07) is 9.54. The van der Waals surface area contributed by atoms with Crippen molar-refractivity contribution in [3.05, 3.63) is 30.3 Å². The molecule has 1 saturated heterocycles. The largest absolute Gasteiger partial charge is 0.491 e. The molecule has 0 unspecified atom stereocenters. The SMILES string of the molecule is C[C@@H]1C[C@@H]1C(=O)N1CCN(C[C@H](O)COc2ccccc2)CC1. The van der Waals surface area contributed by atoms with E-state index in [9.17, 15) is 9.90 Å². The van der Waals surface area contributed by atoms with E-state index in [0.717, 1.165) is 38.3 Å². The summed E-state index contributed by atoms with van der Waals surface area (Å²) in [5, 5.41) is 10.1. The molecule has 0 aromatic heterocycles. The van der Waals surface area contributed by atoms with Crippen molar-refractivity contribution in [2.24, 2.45) is 11.8 Å². The zero-order valence-corrected chi connectivity index (χ0v) is 13.7. The summed E-state index contributed by atoms with van der Waals surface area (Å²) in [4.78, 5) is 16.4. The fraction of sp³-hybridized carbons (Fsp3) is 0.611. The number of carbonyl (C=O) groups is 1. The maximum Gasteiger partial charge on any atom is 0.226 e. The zero-order valence-electron chi connectivity index (χ0n) is 13.7. The Morgan fingerprint density at radius 2 is 1.91 bits per heavy atom. The van der Waals surface area contributed by atoms with Gasteiger partial charge in [0, 0.05) is 38.6 Å². The molecule has 1 aliphatic carbocycles. The maximum absolute atomic E-state index is 12.2. The van der Waals surface area contributed by atoms with Crippen LogP contribution in [0.5, 0.6) is 5.75 Å². The number of β-amino-alcohol motifs (C(OH)–C–C–N with tert-alkyl or cyclic N) is 1. The first-order valence-corrected chi connectivity index (χ1v) is 8.50. The second kappa shape index (κ2) is 7.32. The van der Waals surface area contributed by atoms with Gasteiger partial charge in [0.15, 0.2) is 0 Å². The minimum Gasteiger partial charge on any atom is -0.491 e. The van der Waals surface area contributed by atoms with Gasteiger partial charge in [-0.3, -0.25) is 9.69 Å². The second-order valence-corrected chi connectivity index (χ2v) is 6.72. The highest BCUT2D eigenvalue weighted by molar-refractivity contribution is 5.81. The van der Waals surface area contributed by atoms with E-state index in [-0.39, 0.29) is 5.92 Å². The molecule has 5 nitrogen and oxygen atoms in total. The van der Waals surface area contributed by atoms with Crippen LogP contribution in [0.15, 0.2) is 30.3 Å². The molecule has 2 fully saturated rings. The van der Waals surface area contributed by atoms with Crippen molar-refractivity contribution in [1.29, 1.82) is 0 Å². The highest BCUT2D eigenvalue weighted by Crippen LogP contribution is 2.39. The molecule has 1 N–H and O–H groups in total. The topological polar surface area (TPSA) is 53.0 Å². The average molecular weight is 318 g/mol. The van der Waals surface area contributed by atoms with Gasteiger partial charge in [0.25, 0.3) is 0 Å². The quantitative estimate of drug-likeness (QED) is 0.857. The van der Waals surface area contributed by atoms with Gasteiger partial charge >= 0.3 is 0 Å². The number of aliphatic hydroxyl groups is 1. The molecule has 3 rings (SSSR count). The molecule has 3 atom stereocenters. The molecule has 0 spiro atoms. The molecule has 0 bridgehead atoms. The van der Waals surface area contributed by atoms with Gasteiger partial charge in [0.2, 0.25) is 5.91 Å². The third-order valence-electron chi connectivity index (χ3n) is 4.77. The summed E-state index contributed by atoms with van der Waals surface area (Å²) in [7, 11) is 0. The van der Waals surface area contributed by atoms with E-state index in [0.29, 0.717) is 25.0 Å². The molecule has 1 aromatic rings. The molecule has 126 valence electrons. The van der Waals surface area contributed by atoms with Crippen LogP contribution in [0.3, 0.4) is 0 Å². The number of benzene rings is 1. The molecule has 1 aliphatic heterocycles. The molecular formula is C18H26N2O3. The van der Waals surface area contributed by atoms with Crippen LogP contribution in [-0.2, 0) is 4.79 Å². The fourth-order valence-corrected chi connectivity index (χ4v) is 3.11. The number of rotatable bonds is 6. The van der Waals surface area contributed by atoms with E-state index in [1.54, 1.807) is 0 Å². The minimum atomic E-state index is -0.513. The minimum absolute atomic E-state index is 0.270. The lowest BCUT2D eigenvalue weighted by Crippen LogP contribution is -2.51. The first kappa shape index (κ1) is 16.3. The molecule has 1 aromatic carbocycles. The Hall–Kier alpha value is -1.59. The van der Waals surface area contributed by atoms with Crippen LogP contribution in [0.4, 0.5) is 0 Å². The van der Waals surface area contributed by atoms with Crippen LogP contribution in [0.25, 0.3) is 0 Å². The number of piperazine rings is 1. The van der Waals surface area contributed by atoms with Gasteiger partial charge < -0.3 is 14.7 Å². The molecule has 23 heavy (non-hydrogen) atoms. The third kappa shape index (κ3) is 4.45. The summed E-state index contributed by atoms with van der Waals surface area (Å²) >= 11 is 0. The van der Waals surface area contributed by atoms with Crippen LogP contribution in [0.2, 0.25) is 0 Å². The number of amides is 1. The number of carbonyl (C=O) groups excluding carboxylic acids is 1. The monoisotopic (exact) mass is 318 g/mol. The molecule has 5 heteroatoms. The number of hydrogen-bond acceptors (Lipinski definition) is 4. The molecular weight excluding hydrogens is 292 g/mol. The van der Waals surface area contributed by atoms with Gasteiger partial charge in [0.1, 0.15) is 18.5 Å². The Labute approximate surface area is 137 Å². The van der Waals surface area contributed by atoms with Gasteiger partial charge in [-0.2, -0.15) is 0 Å². The predicted molar refractivity (Wildman–Crippen MR) is 88.2 cm³/mol. The Kier molecular flexibility index (Phi) is 5.18. The third-order valence-corrected chi connectivity index (χ3v) is 4.77. The van der Waals surface area contributed by atoms with Crippen molar-refractivity contribution in [3.8, 4) is 5.75 Å².